The Morgan fingerprint density at radius 2 is 2.00 bits per heavy atom. The van der Waals surface area contributed by atoms with Gasteiger partial charge in [0.1, 0.15) is 18.0 Å². The maximum absolute atomic E-state index is 5.36. The van der Waals surface area contributed by atoms with Crippen LogP contribution in [0.25, 0.3) is 0 Å². The number of nitrogens with zero attached hydrogens (tertiary/aromatic N) is 2. The van der Waals surface area contributed by atoms with Crippen LogP contribution in [0.2, 0.25) is 0 Å². The van der Waals surface area contributed by atoms with Crippen molar-refractivity contribution in [1.29, 1.82) is 0 Å². The molecule has 18 heavy (non-hydrogen) atoms. The normalized spacial score (nSPS) is 10.3. The average molecular weight is 255 g/mol. The first-order valence-corrected chi connectivity index (χ1v) is 5.96. The molecule has 7 heteroatoms. The molecule has 0 aliphatic rings. The second-order valence-electron chi connectivity index (χ2n) is 3.67. The van der Waals surface area contributed by atoms with Crippen molar-refractivity contribution in [3.8, 4) is 0 Å². The molecular formula is C11H21N5O2. The first kappa shape index (κ1) is 14.6. The van der Waals surface area contributed by atoms with Crippen molar-refractivity contribution in [3.05, 3.63) is 12.4 Å². The summed E-state index contributed by atoms with van der Waals surface area (Å²) >= 11 is 0. The van der Waals surface area contributed by atoms with Crippen molar-refractivity contribution < 1.29 is 9.47 Å². The van der Waals surface area contributed by atoms with Crippen molar-refractivity contribution in [2.45, 2.75) is 12.8 Å². The van der Waals surface area contributed by atoms with E-state index in [4.69, 9.17) is 15.3 Å². The molecule has 1 aromatic rings. The van der Waals surface area contributed by atoms with Gasteiger partial charge in [0.15, 0.2) is 0 Å². The van der Waals surface area contributed by atoms with E-state index in [0.29, 0.717) is 19.0 Å². The van der Waals surface area contributed by atoms with Gasteiger partial charge in [-0.1, -0.05) is 0 Å². The Kier molecular flexibility index (Phi) is 7.78. The number of hydrogen-bond donors (Lipinski definition) is 3. The smallest absolute Gasteiger partial charge is 0.145 e. The van der Waals surface area contributed by atoms with E-state index in [9.17, 15) is 0 Å². The van der Waals surface area contributed by atoms with Gasteiger partial charge in [-0.3, -0.25) is 0 Å². The molecule has 4 N–H and O–H groups in total. The summed E-state index contributed by atoms with van der Waals surface area (Å²) in [6.45, 7) is 2.90. The molecule has 0 spiro atoms. The summed E-state index contributed by atoms with van der Waals surface area (Å²) in [6.07, 6.45) is 3.48. The Balaban J connectivity index is 2.03. The number of nitrogen functional groups attached to an aromatic ring is 1. The fraction of sp³-hybridized carbons (Fsp3) is 0.636. The molecule has 102 valence electrons. The molecule has 0 fully saturated rings. The van der Waals surface area contributed by atoms with Crippen molar-refractivity contribution in [1.82, 2.24) is 9.97 Å². The van der Waals surface area contributed by atoms with Crippen LogP contribution in [-0.2, 0) is 9.47 Å². The summed E-state index contributed by atoms with van der Waals surface area (Å²) in [7, 11) is 1.67. The zero-order valence-electron chi connectivity index (χ0n) is 10.7. The number of ether oxygens (including phenoxy) is 2. The molecule has 0 unspecified atom stereocenters. The Hall–Kier alpha value is -1.44. The van der Waals surface area contributed by atoms with Gasteiger partial charge in [0, 0.05) is 26.3 Å². The summed E-state index contributed by atoms with van der Waals surface area (Å²) in [4.78, 5) is 8.01. The van der Waals surface area contributed by atoms with E-state index in [1.54, 1.807) is 13.2 Å². The lowest BCUT2D eigenvalue weighted by molar-refractivity contribution is 0.0691. The summed E-state index contributed by atoms with van der Waals surface area (Å²) in [5.74, 6) is 6.61. The van der Waals surface area contributed by atoms with Gasteiger partial charge in [0.05, 0.1) is 13.2 Å². The number of nitrogens with one attached hydrogen (secondary N) is 2. The molecule has 0 atom stereocenters. The van der Waals surface area contributed by atoms with Crippen molar-refractivity contribution in [2.75, 3.05) is 44.2 Å². The van der Waals surface area contributed by atoms with Gasteiger partial charge in [0.25, 0.3) is 0 Å². The predicted molar refractivity (Wildman–Crippen MR) is 70.3 cm³/mol. The van der Waals surface area contributed by atoms with Crippen molar-refractivity contribution >= 4 is 11.6 Å². The molecule has 1 rings (SSSR count). The first-order chi connectivity index (χ1) is 8.86. The second-order valence-corrected chi connectivity index (χ2v) is 3.67. The lowest BCUT2D eigenvalue weighted by Gasteiger charge is -2.07. The van der Waals surface area contributed by atoms with Gasteiger partial charge in [-0.2, -0.15) is 0 Å². The number of aromatic nitrogens is 2. The largest absolute Gasteiger partial charge is 0.382 e. The van der Waals surface area contributed by atoms with Crippen LogP contribution in [0.5, 0.6) is 0 Å². The SMILES string of the molecule is COCCOCCCCNc1cc(NN)ncn1. The third kappa shape index (κ3) is 6.33. The van der Waals surface area contributed by atoms with Gasteiger partial charge in [-0.05, 0) is 12.8 Å². The molecular weight excluding hydrogens is 234 g/mol. The zero-order valence-corrected chi connectivity index (χ0v) is 10.7. The fourth-order valence-electron chi connectivity index (χ4n) is 1.32. The van der Waals surface area contributed by atoms with Gasteiger partial charge in [-0.15, -0.1) is 0 Å². The Morgan fingerprint density at radius 1 is 1.17 bits per heavy atom. The molecule has 0 radical (unpaired) electrons. The number of anilines is 2. The van der Waals surface area contributed by atoms with E-state index in [0.717, 1.165) is 31.8 Å². The molecule has 1 aromatic heterocycles. The minimum atomic E-state index is 0.593. The quantitative estimate of drug-likeness (QED) is 0.320. The number of nitrogens with two attached hydrogens (primary N) is 1. The van der Waals surface area contributed by atoms with E-state index in [2.05, 4.69) is 20.7 Å². The molecule has 1 heterocycles. The summed E-state index contributed by atoms with van der Waals surface area (Å²) < 4.78 is 10.2. The number of unbranched alkanes of at least 4 members (excludes halogenated alkanes) is 1. The number of hydrogen-bond acceptors (Lipinski definition) is 7. The Morgan fingerprint density at radius 3 is 2.78 bits per heavy atom. The van der Waals surface area contributed by atoms with Crippen LogP contribution in [0.3, 0.4) is 0 Å². The summed E-state index contributed by atoms with van der Waals surface area (Å²) in [5, 5.41) is 3.19. The third-order valence-corrected chi connectivity index (χ3v) is 2.27. The van der Waals surface area contributed by atoms with Crippen molar-refractivity contribution in [2.24, 2.45) is 5.84 Å². The van der Waals surface area contributed by atoms with E-state index in [-0.39, 0.29) is 0 Å². The van der Waals surface area contributed by atoms with Gasteiger partial charge in [-0.25, -0.2) is 15.8 Å². The van der Waals surface area contributed by atoms with Crippen LogP contribution in [0, 0.1) is 0 Å². The van der Waals surface area contributed by atoms with Gasteiger partial charge in [0.2, 0.25) is 0 Å². The number of methoxy groups -OCH3 is 1. The average Bonchev–Trinajstić information content (AvgIpc) is 2.42. The predicted octanol–water partition coefficient (Wildman–Crippen LogP) is 0.617. The maximum Gasteiger partial charge on any atom is 0.145 e. The molecule has 0 saturated heterocycles. The third-order valence-electron chi connectivity index (χ3n) is 2.27. The molecule has 0 aliphatic heterocycles. The molecule has 7 nitrogen and oxygen atoms in total. The van der Waals surface area contributed by atoms with Crippen LogP contribution >= 0.6 is 0 Å². The standard InChI is InChI=1S/C11H21N5O2/c1-17-6-7-18-5-3-2-4-13-10-8-11(16-12)15-9-14-10/h8-9H,2-7,12H2,1H3,(H2,13,14,15,16). The van der Waals surface area contributed by atoms with Crippen molar-refractivity contribution in [3.63, 3.8) is 0 Å². The molecule has 0 aromatic carbocycles. The second kappa shape index (κ2) is 9.58. The Labute approximate surface area is 107 Å². The van der Waals surface area contributed by atoms with E-state index >= 15 is 0 Å². The van der Waals surface area contributed by atoms with Crippen LogP contribution in [0.4, 0.5) is 11.6 Å². The monoisotopic (exact) mass is 255 g/mol. The minimum absolute atomic E-state index is 0.593. The van der Waals surface area contributed by atoms with Crippen LogP contribution in [-0.4, -0.2) is 43.4 Å². The van der Waals surface area contributed by atoms with E-state index in [1.807, 2.05) is 0 Å². The highest BCUT2D eigenvalue weighted by molar-refractivity contribution is 5.45. The molecule has 0 amide bonds. The summed E-state index contributed by atoms with van der Waals surface area (Å²) in [6, 6.07) is 1.76. The minimum Gasteiger partial charge on any atom is -0.382 e. The highest BCUT2D eigenvalue weighted by Crippen LogP contribution is 2.06. The highest BCUT2D eigenvalue weighted by Gasteiger charge is 1.96. The first-order valence-electron chi connectivity index (χ1n) is 5.96. The lowest BCUT2D eigenvalue weighted by Crippen LogP contribution is -2.10. The van der Waals surface area contributed by atoms with E-state index < -0.39 is 0 Å². The van der Waals surface area contributed by atoms with Gasteiger partial charge < -0.3 is 20.2 Å². The Bertz CT molecular complexity index is 324. The topological polar surface area (TPSA) is 94.3 Å². The van der Waals surface area contributed by atoms with Gasteiger partial charge >= 0.3 is 0 Å². The molecule has 0 bridgehead atoms. The number of hydrazine groups is 1. The summed E-state index contributed by atoms with van der Waals surface area (Å²) in [5.41, 5.74) is 2.47. The van der Waals surface area contributed by atoms with Crippen LogP contribution in [0.1, 0.15) is 12.8 Å². The fourth-order valence-corrected chi connectivity index (χ4v) is 1.32. The number of rotatable bonds is 10. The molecule has 0 saturated carbocycles. The lowest BCUT2D eigenvalue weighted by atomic mass is 10.3. The van der Waals surface area contributed by atoms with Crippen LogP contribution in [0.15, 0.2) is 12.4 Å². The molecule has 0 aliphatic carbocycles. The van der Waals surface area contributed by atoms with Crippen LogP contribution < -0.4 is 16.6 Å². The van der Waals surface area contributed by atoms with E-state index in [1.165, 1.54) is 6.33 Å². The maximum atomic E-state index is 5.36. The highest BCUT2D eigenvalue weighted by atomic mass is 16.5. The zero-order chi connectivity index (χ0) is 13.1.